The number of guanidine groups is 1. The van der Waals surface area contributed by atoms with Gasteiger partial charge >= 0.3 is 0 Å². The van der Waals surface area contributed by atoms with Crippen LogP contribution in [-0.4, -0.2) is 80.3 Å². The van der Waals surface area contributed by atoms with Crippen LogP contribution in [0.15, 0.2) is 35.3 Å². The first-order valence-corrected chi connectivity index (χ1v) is 9.89. The lowest BCUT2D eigenvalue weighted by Crippen LogP contribution is -2.55. The lowest BCUT2D eigenvalue weighted by Gasteiger charge is -2.37. The molecule has 1 unspecified atom stereocenters. The lowest BCUT2D eigenvalue weighted by atomic mass is 10.2. The molecule has 27 heavy (non-hydrogen) atoms. The number of benzene rings is 1. The van der Waals surface area contributed by atoms with Crippen LogP contribution in [0.3, 0.4) is 0 Å². The van der Waals surface area contributed by atoms with E-state index in [0.29, 0.717) is 32.8 Å². The summed E-state index contributed by atoms with van der Waals surface area (Å²) in [5, 5.41) is 3.34. The minimum atomic E-state index is -0.228. The van der Waals surface area contributed by atoms with E-state index >= 15 is 0 Å². The summed E-state index contributed by atoms with van der Waals surface area (Å²) < 4.78 is 11.2. The summed E-state index contributed by atoms with van der Waals surface area (Å²) in [6.45, 7) is 7.70. The van der Waals surface area contributed by atoms with Gasteiger partial charge < -0.3 is 24.6 Å². The topological polar surface area (TPSA) is 66.4 Å². The molecule has 148 valence electrons. The molecular formula is C20H30N4O3. The molecule has 1 atom stereocenters. The number of hydrogen-bond acceptors (Lipinski definition) is 4. The van der Waals surface area contributed by atoms with E-state index in [0.717, 1.165) is 44.2 Å². The SMILES string of the molecule is CCNC(=NCCOc1ccccc1)N1CCN(C(=O)C2CCCO2)CC1. The summed E-state index contributed by atoms with van der Waals surface area (Å²) in [7, 11) is 0. The summed E-state index contributed by atoms with van der Waals surface area (Å²) in [6, 6.07) is 9.77. The molecule has 0 spiro atoms. The molecule has 2 fully saturated rings. The first-order chi connectivity index (χ1) is 13.3. The molecule has 7 nitrogen and oxygen atoms in total. The Labute approximate surface area is 161 Å². The second-order valence-electron chi connectivity index (χ2n) is 6.71. The highest BCUT2D eigenvalue weighted by molar-refractivity contribution is 5.82. The molecule has 1 aromatic carbocycles. The van der Waals surface area contributed by atoms with Gasteiger partial charge in [0.1, 0.15) is 18.5 Å². The van der Waals surface area contributed by atoms with Gasteiger partial charge in [-0.2, -0.15) is 0 Å². The number of piperazine rings is 1. The molecule has 1 amide bonds. The van der Waals surface area contributed by atoms with Gasteiger partial charge in [-0.05, 0) is 31.9 Å². The quantitative estimate of drug-likeness (QED) is 0.463. The molecule has 0 aromatic heterocycles. The fourth-order valence-electron chi connectivity index (χ4n) is 3.37. The molecule has 1 N–H and O–H groups in total. The Morgan fingerprint density at radius 2 is 1.96 bits per heavy atom. The number of carbonyl (C=O) groups is 1. The highest BCUT2D eigenvalue weighted by Crippen LogP contribution is 2.16. The van der Waals surface area contributed by atoms with Crippen molar-refractivity contribution in [3.05, 3.63) is 30.3 Å². The van der Waals surface area contributed by atoms with Crippen LogP contribution in [0.1, 0.15) is 19.8 Å². The molecule has 2 saturated heterocycles. The summed E-state index contributed by atoms with van der Waals surface area (Å²) in [5.74, 6) is 1.89. The maximum atomic E-state index is 12.5. The van der Waals surface area contributed by atoms with Crippen LogP contribution in [0.4, 0.5) is 0 Å². The fourth-order valence-corrected chi connectivity index (χ4v) is 3.37. The molecule has 2 heterocycles. The van der Waals surface area contributed by atoms with Gasteiger partial charge in [-0.3, -0.25) is 4.79 Å². The first kappa shape index (κ1) is 19.5. The molecule has 3 rings (SSSR count). The normalized spacial score (nSPS) is 20.6. The van der Waals surface area contributed by atoms with Gasteiger partial charge in [-0.15, -0.1) is 0 Å². The van der Waals surface area contributed by atoms with Crippen LogP contribution in [-0.2, 0) is 9.53 Å². The zero-order valence-corrected chi connectivity index (χ0v) is 16.1. The number of rotatable bonds is 6. The molecular weight excluding hydrogens is 344 g/mol. The van der Waals surface area contributed by atoms with Gasteiger partial charge in [0.15, 0.2) is 5.96 Å². The Balaban J connectivity index is 1.46. The van der Waals surface area contributed by atoms with Crippen LogP contribution in [0.5, 0.6) is 5.75 Å². The Morgan fingerprint density at radius 1 is 1.22 bits per heavy atom. The number of para-hydroxylation sites is 1. The van der Waals surface area contributed by atoms with Crippen molar-refractivity contribution in [2.45, 2.75) is 25.9 Å². The van der Waals surface area contributed by atoms with Crippen LogP contribution in [0.25, 0.3) is 0 Å². The number of amides is 1. The Kier molecular flexibility index (Phi) is 7.33. The fraction of sp³-hybridized carbons (Fsp3) is 0.600. The van der Waals surface area contributed by atoms with Gasteiger partial charge in [-0.1, -0.05) is 18.2 Å². The van der Waals surface area contributed by atoms with Crippen LogP contribution < -0.4 is 10.1 Å². The smallest absolute Gasteiger partial charge is 0.251 e. The summed E-state index contributed by atoms with van der Waals surface area (Å²) in [4.78, 5) is 21.3. The molecule has 0 radical (unpaired) electrons. The maximum Gasteiger partial charge on any atom is 0.251 e. The average Bonchev–Trinajstić information content (AvgIpc) is 3.26. The number of hydrogen-bond donors (Lipinski definition) is 1. The van der Waals surface area contributed by atoms with Crippen molar-refractivity contribution in [1.29, 1.82) is 0 Å². The second-order valence-corrected chi connectivity index (χ2v) is 6.71. The van der Waals surface area contributed by atoms with E-state index < -0.39 is 0 Å². The van der Waals surface area contributed by atoms with Crippen molar-refractivity contribution in [2.24, 2.45) is 4.99 Å². The number of ether oxygens (including phenoxy) is 2. The lowest BCUT2D eigenvalue weighted by molar-refractivity contribution is -0.142. The number of carbonyl (C=O) groups excluding carboxylic acids is 1. The van der Waals surface area contributed by atoms with E-state index in [-0.39, 0.29) is 12.0 Å². The van der Waals surface area contributed by atoms with E-state index in [1.54, 1.807) is 0 Å². The van der Waals surface area contributed by atoms with E-state index in [9.17, 15) is 4.79 Å². The predicted molar refractivity (Wildman–Crippen MR) is 105 cm³/mol. The molecule has 0 saturated carbocycles. The monoisotopic (exact) mass is 374 g/mol. The largest absolute Gasteiger partial charge is 0.492 e. The molecule has 2 aliphatic rings. The average molecular weight is 374 g/mol. The van der Waals surface area contributed by atoms with Gasteiger partial charge in [0.25, 0.3) is 5.91 Å². The zero-order valence-electron chi connectivity index (χ0n) is 16.1. The highest BCUT2D eigenvalue weighted by Gasteiger charge is 2.30. The van der Waals surface area contributed by atoms with Crippen molar-refractivity contribution in [2.75, 3.05) is 52.5 Å². The zero-order chi connectivity index (χ0) is 18.9. The van der Waals surface area contributed by atoms with Gasteiger partial charge in [0.2, 0.25) is 0 Å². The number of aliphatic imine (C=N–C) groups is 1. The molecule has 1 aromatic rings. The third-order valence-corrected chi connectivity index (χ3v) is 4.80. The third kappa shape index (κ3) is 5.60. The van der Waals surface area contributed by atoms with Crippen molar-refractivity contribution in [3.63, 3.8) is 0 Å². The molecule has 0 aliphatic carbocycles. The van der Waals surface area contributed by atoms with E-state index in [2.05, 4.69) is 22.1 Å². The first-order valence-electron chi connectivity index (χ1n) is 9.89. The summed E-state index contributed by atoms with van der Waals surface area (Å²) >= 11 is 0. The predicted octanol–water partition coefficient (Wildman–Crippen LogP) is 1.35. The van der Waals surface area contributed by atoms with Crippen LogP contribution >= 0.6 is 0 Å². The Morgan fingerprint density at radius 3 is 2.63 bits per heavy atom. The Hall–Kier alpha value is -2.28. The highest BCUT2D eigenvalue weighted by atomic mass is 16.5. The molecule has 0 bridgehead atoms. The van der Waals surface area contributed by atoms with Crippen molar-refractivity contribution in [3.8, 4) is 5.75 Å². The van der Waals surface area contributed by atoms with Gasteiger partial charge in [0, 0.05) is 39.3 Å². The number of nitrogens with zero attached hydrogens (tertiary/aromatic N) is 3. The molecule has 7 heteroatoms. The second kappa shape index (κ2) is 10.2. The van der Waals surface area contributed by atoms with Gasteiger partial charge in [-0.25, -0.2) is 4.99 Å². The van der Waals surface area contributed by atoms with E-state index in [4.69, 9.17) is 9.47 Å². The van der Waals surface area contributed by atoms with Crippen molar-refractivity contribution < 1.29 is 14.3 Å². The standard InChI is InChI=1S/C20H30N4O3/c1-2-21-20(22-10-16-26-17-7-4-3-5-8-17)24-13-11-23(12-14-24)19(25)18-9-6-15-27-18/h3-5,7-8,18H,2,6,9-16H2,1H3,(H,21,22). The maximum absolute atomic E-state index is 12.5. The van der Waals surface area contributed by atoms with E-state index in [1.807, 2.05) is 35.2 Å². The van der Waals surface area contributed by atoms with Crippen LogP contribution in [0, 0.1) is 0 Å². The Bertz CT molecular complexity index is 609. The molecule has 2 aliphatic heterocycles. The van der Waals surface area contributed by atoms with Crippen LogP contribution in [0.2, 0.25) is 0 Å². The van der Waals surface area contributed by atoms with Crippen molar-refractivity contribution in [1.82, 2.24) is 15.1 Å². The van der Waals surface area contributed by atoms with Gasteiger partial charge in [0.05, 0.1) is 6.54 Å². The minimum Gasteiger partial charge on any atom is -0.492 e. The summed E-state index contributed by atoms with van der Waals surface area (Å²) in [5.41, 5.74) is 0. The van der Waals surface area contributed by atoms with E-state index in [1.165, 1.54) is 0 Å². The summed E-state index contributed by atoms with van der Waals surface area (Å²) in [6.07, 6.45) is 1.61. The minimum absolute atomic E-state index is 0.144. The number of nitrogens with one attached hydrogen (secondary N) is 1. The van der Waals surface area contributed by atoms with Crippen molar-refractivity contribution >= 4 is 11.9 Å². The third-order valence-electron chi connectivity index (χ3n) is 4.80.